The lowest BCUT2D eigenvalue weighted by Crippen LogP contribution is -2.39. The van der Waals surface area contributed by atoms with E-state index in [9.17, 15) is 13.9 Å². The second-order valence-corrected chi connectivity index (χ2v) is 7.07. The average molecular weight is 444 g/mol. The van der Waals surface area contributed by atoms with E-state index in [1.165, 1.54) is 12.1 Å². The van der Waals surface area contributed by atoms with Gasteiger partial charge in [-0.25, -0.2) is 4.99 Å². The molecule has 0 aliphatic carbocycles. The number of alkyl halides is 2. The van der Waals surface area contributed by atoms with E-state index >= 15 is 0 Å². The van der Waals surface area contributed by atoms with E-state index in [1.807, 2.05) is 48.9 Å². The van der Waals surface area contributed by atoms with Gasteiger partial charge in [-0.05, 0) is 30.2 Å². The number of ether oxygens (including phenoxy) is 1. The predicted molar refractivity (Wildman–Crippen MR) is 116 cm³/mol. The number of rotatable bonds is 9. The summed E-state index contributed by atoms with van der Waals surface area (Å²) in [6.45, 7) is -0.0161. The molecule has 1 atom stereocenters. The molecule has 1 aromatic heterocycles. The fourth-order valence-electron chi connectivity index (χ4n) is 2.88. The summed E-state index contributed by atoms with van der Waals surface area (Å²) in [6, 6.07) is 15.7. The number of hydrogen-bond acceptors (Lipinski definition) is 5. The van der Waals surface area contributed by atoms with Crippen LogP contribution in [0.3, 0.4) is 0 Å². The maximum atomic E-state index is 12.3. The number of aromatic nitrogens is 3. The van der Waals surface area contributed by atoms with Crippen LogP contribution in [-0.2, 0) is 20.1 Å². The van der Waals surface area contributed by atoms with Gasteiger partial charge in [-0.15, -0.1) is 10.2 Å². The number of hydrogen-bond donors (Lipinski definition) is 3. The third kappa shape index (κ3) is 6.74. The van der Waals surface area contributed by atoms with Crippen LogP contribution >= 0.6 is 0 Å². The molecule has 1 heterocycles. The van der Waals surface area contributed by atoms with Gasteiger partial charge in [-0.3, -0.25) is 0 Å². The molecule has 32 heavy (non-hydrogen) atoms. The summed E-state index contributed by atoms with van der Waals surface area (Å²) in [6.07, 6.45) is -0.878. The predicted octanol–water partition coefficient (Wildman–Crippen LogP) is 2.69. The lowest BCUT2D eigenvalue weighted by Gasteiger charge is -2.16. The van der Waals surface area contributed by atoms with Crippen molar-refractivity contribution >= 4 is 5.96 Å². The number of aryl methyl sites for hydroxylation is 1. The topological polar surface area (TPSA) is 96.6 Å². The minimum atomic E-state index is -2.89. The van der Waals surface area contributed by atoms with E-state index in [2.05, 4.69) is 30.6 Å². The summed E-state index contributed by atoms with van der Waals surface area (Å²) in [5.74, 6) is 2.07. The summed E-state index contributed by atoms with van der Waals surface area (Å²) in [5.41, 5.74) is 1.60. The largest absolute Gasteiger partial charge is 0.435 e. The molecule has 0 aliphatic heterocycles. The Bertz CT molecular complexity index is 1010. The quantitative estimate of drug-likeness (QED) is 0.347. The first-order valence-electron chi connectivity index (χ1n) is 10.1. The SMILES string of the molecule is Cc1nnc(CNC(=NCc2ccccc2)NCC(O)c2ccc(OC(F)F)cc2)n1C. The zero-order valence-corrected chi connectivity index (χ0v) is 17.9. The number of nitrogens with zero attached hydrogens (tertiary/aromatic N) is 4. The van der Waals surface area contributed by atoms with E-state index < -0.39 is 12.7 Å². The molecule has 1 unspecified atom stereocenters. The number of aliphatic imine (C=N–C) groups is 1. The molecule has 0 fully saturated rings. The Balaban J connectivity index is 1.63. The van der Waals surface area contributed by atoms with Crippen LogP contribution in [-0.4, -0.2) is 39.0 Å². The van der Waals surface area contributed by atoms with Gasteiger partial charge in [0.25, 0.3) is 0 Å². The third-order valence-corrected chi connectivity index (χ3v) is 4.81. The van der Waals surface area contributed by atoms with Gasteiger partial charge in [-0.2, -0.15) is 8.78 Å². The normalized spacial score (nSPS) is 12.6. The number of halogens is 2. The minimum absolute atomic E-state index is 0.0367. The number of aliphatic hydroxyl groups is 1. The molecular weight excluding hydrogens is 418 g/mol. The van der Waals surface area contributed by atoms with Crippen molar-refractivity contribution in [3.05, 3.63) is 77.4 Å². The van der Waals surface area contributed by atoms with Crippen molar-refractivity contribution in [2.45, 2.75) is 32.7 Å². The average Bonchev–Trinajstić information content (AvgIpc) is 3.11. The Morgan fingerprint density at radius 2 is 1.81 bits per heavy atom. The minimum Gasteiger partial charge on any atom is -0.435 e. The third-order valence-electron chi connectivity index (χ3n) is 4.81. The second kappa shape index (κ2) is 11.2. The second-order valence-electron chi connectivity index (χ2n) is 7.07. The first-order chi connectivity index (χ1) is 15.4. The van der Waals surface area contributed by atoms with E-state index in [-0.39, 0.29) is 12.3 Å². The molecule has 10 heteroatoms. The molecule has 3 N–H and O–H groups in total. The molecule has 3 rings (SSSR count). The summed E-state index contributed by atoms with van der Waals surface area (Å²) in [5, 5.41) is 25.0. The zero-order valence-electron chi connectivity index (χ0n) is 17.9. The summed E-state index contributed by atoms with van der Waals surface area (Å²) in [4.78, 5) is 4.58. The van der Waals surface area contributed by atoms with E-state index in [4.69, 9.17) is 0 Å². The van der Waals surface area contributed by atoms with Gasteiger partial charge in [0.15, 0.2) is 11.8 Å². The van der Waals surface area contributed by atoms with Crippen molar-refractivity contribution in [2.75, 3.05) is 6.54 Å². The van der Waals surface area contributed by atoms with Gasteiger partial charge in [0.2, 0.25) is 0 Å². The summed E-state index contributed by atoms with van der Waals surface area (Å²) in [7, 11) is 1.88. The molecule has 0 bridgehead atoms. The molecular formula is C22H26F2N6O2. The fraction of sp³-hybridized carbons (Fsp3) is 0.318. The van der Waals surface area contributed by atoms with E-state index in [0.717, 1.165) is 17.2 Å². The number of benzene rings is 2. The number of nitrogens with one attached hydrogen (secondary N) is 2. The molecule has 0 amide bonds. The van der Waals surface area contributed by atoms with Gasteiger partial charge < -0.3 is 25.0 Å². The molecule has 0 spiro atoms. The van der Waals surface area contributed by atoms with Crippen LogP contribution in [0.4, 0.5) is 8.78 Å². The van der Waals surface area contributed by atoms with Crippen LogP contribution in [0.15, 0.2) is 59.6 Å². The Morgan fingerprint density at radius 3 is 2.44 bits per heavy atom. The highest BCUT2D eigenvalue weighted by molar-refractivity contribution is 5.79. The molecule has 8 nitrogen and oxygen atoms in total. The molecule has 170 valence electrons. The van der Waals surface area contributed by atoms with Crippen molar-refractivity contribution in [1.82, 2.24) is 25.4 Å². The fourth-order valence-corrected chi connectivity index (χ4v) is 2.88. The Hall–Kier alpha value is -3.53. The molecule has 0 saturated heterocycles. The Kier molecular flexibility index (Phi) is 8.09. The van der Waals surface area contributed by atoms with Gasteiger partial charge in [0, 0.05) is 13.6 Å². The van der Waals surface area contributed by atoms with Crippen molar-refractivity contribution in [3.8, 4) is 5.75 Å². The van der Waals surface area contributed by atoms with E-state index in [1.54, 1.807) is 12.1 Å². The smallest absolute Gasteiger partial charge is 0.387 e. The van der Waals surface area contributed by atoms with Gasteiger partial charge in [-0.1, -0.05) is 42.5 Å². The standard InChI is InChI=1S/C22H26F2N6O2/c1-15-28-29-20(30(15)2)14-27-22(25-12-16-6-4-3-5-7-16)26-13-19(31)17-8-10-18(11-9-17)32-21(23)24/h3-11,19,21,31H,12-14H2,1-2H3,(H2,25,26,27). The summed E-state index contributed by atoms with van der Waals surface area (Å²) < 4.78 is 30.8. The van der Waals surface area contributed by atoms with Crippen molar-refractivity contribution < 1.29 is 18.6 Å². The van der Waals surface area contributed by atoms with Crippen LogP contribution in [0, 0.1) is 6.92 Å². The van der Waals surface area contributed by atoms with Gasteiger partial charge in [0.05, 0.1) is 19.2 Å². The Labute approximate surface area is 185 Å². The maximum absolute atomic E-state index is 12.3. The van der Waals surface area contributed by atoms with Crippen LogP contribution < -0.4 is 15.4 Å². The zero-order chi connectivity index (χ0) is 22.9. The van der Waals surface area contributed by atoms with Gasteiger partial charge in [0.1, 0.15) is 11.6 Å². The highest BCUT2D eigenvalue weighted by Gasteiger charge is 2.12. The van der Waals surface area contributed by atoms with E-state index in [0.29, 0.717) is 24.6 Å². The first-order valence-corrected chi connectivity index (χ1v) is 10.1. The molecule has 0 saturated carbocycles. The Morgan fingerprint density at radius 1 is 1.09 bits per heavy atom. The molecule has 0 radical (unpaired) electrons. The monoisotopic (exact) mass is 444 g/mol. The maximum Gasteiger partial charge on any atom is 0.387 e. The molecule has 2 aromatic carbocycles. The summed E-state index contributed by atoms with van der Waals surface area (Å²) >= 11 is 0. The van der Waals surface area contributed by atoms with Crippen LogP contribution in [0.2, 0.25) is 0 Å². The highest BCUT2D eigenvalue weighted by atomic mass is 19.3. The lowest BCUT2D eigenvalue weighted by atomic mass is 10.1. The van der Waals surface area contributed by atoms with Gasteiger partial charge >= 0.3 is 6.61 Å². The van der Waals surface area contributed by atoms with Crippen LogP contribution in [0.5, 0.6) is 5.75 Å². The van der Waals surface area contributed by atoms with Crippen molar-refractivity contribution in [2.24, 2.45) is 12.0 Å². The first kappa shape index (κ1) is 23.1. The lowest BCUT2D eigenvalue weighted by molar-refractivity contribution is -0.0498. The van der Waals surface area contributed by atoms with Crippen molar-refractivity contribution in [1.29, 1.82) is 0 Å². The van der Waals surface area contributed by atoms with Crippen LogP contribution in [0.25, 0.3) is 0 Å². The van der Waals surface area contributed by atoms with Crippen LogP contribution in [0.1, 0.15) is 28.9 Å². The molecule has 0 aliphatic rings. The number of guanidine groups is 1. The number of aliphatic hydroxyl groups excluding tert-OH is 1. The highest BCUT2D eigenvalue weighted by Crippen LogP contribution is 2.19. The van der Waals surface area contributed by atoms with Crippen molar-refractivity contribution in [3.63, 3.8) is 0 Å². The molecule has 3 aromatic rings.